The number of H-pyrrole nitrogens is 1. The van der Waals surface area contributed by atoms with E-state index in [-0.39, 0.29) is 11.4 Å². The summed E-state index contributed by atoms with van der Waals surface area (Å²) in [6.07, 6.45) is 4.20. The van der Waals surface area contributed by atoms with Gasteiger partial charge in [0.05, 0.1) is 0 Å². The van der Waals surface area contributed by atoms with Crippen LogP contribution in [-0.2, 0) is 13.0 Å². The van der Waals surface area contributed by atoms with E-state index in [0.29, 0.717) is 18.1 Å². The standard InChI is InChI=1S/C22H24FN5O/c23-18-8-4-16(5-9-18)14-20-21(29)25-22(27-26-20)24-19-10-6-17(7-11-19)15-28-12-2-1-3-13-28/h4-11H,1-3,12-15H2,(H2,24,25,27,29). The second-order valence-corrected chi connectivity index (χ2v) is 7.41. The fourth-order valence-electron chi connectivity index (χ4n) is 3.53. The molecule has 6 nitrogen and oxygen atoms in total. The third-order valence-corrected chi connectivity index (χ3v) is 5.12. The van der Waals surface area contributed by atoms with E-state index in [2.05, 4.69) is 37.5 Å². The van der Waals surface area contributed by atoms with Crippen molar-refractivity contribution < 1.29 is 4.39 Å². The van der Waals surface area contributed by atoms with Gasteiger partial charge in [-0.05, 0) is 61.3 Å². The fraction of sp³-hybridized carbons (Fsp3) is 0.318. The molecule has 0 amide bonds. The van der Waals surface area contributed by atoms with Gasteiger partial charge in [-0.25, -0.2) is 4.39 Å². The summed E-state index contributed by atoms with van der Waals surface area (Å²) in [6.45, 7) is 3.30. The molecule has 0 aliphatic carbocycles. The molecule has 1 fully saturated rings. The van der Waals surface area contributed by atoms with Gasteiger partial charge >= 0.3 is 0 Å². The van der Waals surface area contributed by atoms with Crippen LogP contribution >= 0.6 is 0 Å². The molecule has 2 aromatic carbocycles. The Morgan fingerprint density at radius 1 is 0.931 bits per heavy atom. The van der Waals surface area contributed by atoms with Crippen LogP contribution in [0.4, 0.5) is 16.0 Å². The minimum atomic E-state index is -0.312. The lowest BCUT2D eigenvalue weighted by Crippen LogP contribution is -2.29. The number of piperidine rings is 1. The van der Waals surface area contributed by atoms with Crippen LogP contribution in [-0.4, -0.2) is 33.2 Å². The highest BCUT2D eigenvalue weighted by atomic mass is 19.1. The third kappa shape index (κ3) is 5.26. The number of aromatic amines is 1. The molecule has 0 spiro atoms. The van der Waals surface area contributed by atoms with Gasteiger partial charge in [0.25, 0.3) is 5.56 Å². The third-order valence-electron chi connectivity index (χ3n) is 5.12. The first-order valence-electron chi connectivity index (χ1n) is 9.94. The predicted molar refractivity (Wildman–Crippen MR) is 111 cm³/mol. The van der Waals surface area contributed by atoms with E-state index in [0.717, 1.165) is 17.8 Å². The van der Waals surface area contributed by atoms with E-state index < -0.39 is 0 Å². The minimum Gasteiger partial charge on any atom is -0.324 e. The number of anilines is 2. The summed E-state index contributed by atoms with van der Waals surface area (Å²) in [4.78, 5) is 17.5. The summed E-state index contributed by atoms with van der Waals surface area (Å²) >= 11 is 0. The first-order valence-corrected chi connectivity index (χ1v) is 9.94. The summed E-state index contributed by atoms with van der Waals surface area (Å²) in [6, 6.07) is 14.1. The Kier molecular flexibility index (Phi) is 5.95. The Bertz CT molecular complexity index is 995. The number of hydrogen-bond donors (Lipinski definition) is 2. The lowest BCUT2D eigenvalue weighted by Gasteiger charge is -2.26. The van der Waals surface area contributed by atoms with Crippen molar-refractivity contribution in [3.8, 4) is 0 Å². The highest BCUT2D eigenvalue weighted by Gasteiger charge is 2.10. The molecule has 0 bridgehead atoms. The lowest BCUT2D eigenvalue weighted by atomic mass is 10.1. The normalized spacial score (nSPS) is 14.7. The molecule has 1 saturated heterocycles. The molecule has 4 rings (SSSR count). The number of nitrogens with one attached hydrogen (secondary N) is 2. The SMILES string of the molecule is O=c1[nH]c(Nc2ccc(CN3CCCCC3)cc2)nnc1Cc1ccc(F)cc1. The maximum Gasteiger partial charge on any atom is 0.274 e. The van der Waals surface area contributed by atoms with Gasteiger partial charge in [0.2, 0.25) is 5.95 Å². The van der Waals surface area contributed by atoms with Crippen LogP contribution in [0.5, 0.6) is 0 Å². The van der Waals surface area contributed by atoms with Crippen molar-refractivity contribution in [1.82, 2.24) is 20.1 Å². The first-order chi connectivity index (χ1) is 14.2. The van der Waals surface area contributed by atoms with Crippen LogP contribution in [0.25, 0.3) is 0 Å². The summed E-state index contributed by atoms with van der Waals surface area (Å²) in [5.41, 5.74) is 2.89. The molecule has 0 radical (unpaired) electrons. The van der Waals surface area contributed by atoms with Crippen molar-refractivity contribution in [2.45, 2.75) is 32.2 Å². The Labute approximate surface area is 168 Å². The highest BCUT2D eigenvalue weighted by Crippen LogP contribution is 2.17. The van der Waals surface area contributed by atoms with E-state index in [1.807, 2.05) is 12.1 Å². The molecular weight excluding hydrogens is 369 g/mol. The second-order valence-electron chi connectivity index (χ2n) is 7.41. The van der Waals surface area contributed by atoms with Crippen molar-refractivity contribution in [1.29, 1.82) is 0 Å². The van der Waals surface area contributed by atoms with Gasteiger partial charge < -0.3 is 5.32 Å². The fourth-order valence-corrected chi connectivity index (χ4v) is 3.53. The molecule has 150 valence electrons. The number of aromatic nitrogens is 3. The van der Waals surface area contributed by atoms with E-state index in [9.17, 15) is 9.18 Å². The van der Waals surface area contributed by atoms with Crippen molar-refractivity contribution in [2.24, 2.45) is 0 Å². The van der Waals surface area contributed by atoms with Gasteiger partial charge in [0, 0.05) is 18.7 Å². The van der Waals surface area contributed by atoms with Crippen LogP contribution in [0, 0.1) is 5.82 Å². The highest BCUT2D eigenvalue weighted by molar-refractivity contribution is 5.53. The van der Waals surface area contributed by atoms with Gasteiger partial charge in [-0.3, -0.25) is 14.7 Å². The molecule has 2 heterocycles. The average Bonchev–Trinajstić information content (AvgIpc) is 2.74. The molecule has 0 saturated carbocycles. The van der Waals surface area contributed by atoms with E-state index in [1.165, 1.54) is 50.0 Å². The maximum atomic E-state index is 13.0. The van der Waals surface area contributed by atoms with Gasteiger partial charge in [-0.2, -0.15) is 0 Å². The first kappa shape index (κ1) is 19.3. The summed E-state index contributed by atoms with van der Waals surface area (Å²) in [7, 11) is 0. The zero-order valence-corrected chi connectivity index (χ0v) is 16.2. The minimum absolute atomic E-state index is 0.291. The predicted octanol–water partition coefficient (Wildman–Crippen LogP) is 3.62. The Morgan fingerprint density at radius 3 is 2.31 bits per heavy atom. The Balaban J connectivity index is 1.38. The number of hydrogen-bond acceptors (Lipinski definition) is 5. The van der Waals surface area contributed by atoms with Gasteiger partial charge in [0.1, 0.15) is 11.5 Å². The molecule has 1 aliphatic heterocycles. The van der Waals surface area contributed by atoms with Crippen molar-refractivity contribution >= 4 is 11.6 Å². The topological polar surface area (TPSA) is 73.9 Å². The van der Waals surface area contributed by atoms with Crippen LogP contribution in [0.1, 0.15) is 36.1 Å². The van der Waals surface area contributed by atoms with Crippen molar-refractivity contribution in [3.63, 3.8) is 0 Å². The maximum absolute atomic E-state index is 13.0. The lowest BCUT2D eigenvalue weighted by molar-refractivity contribution is 0.221. The quantitative estimate of drug-likeness (QED) is 0.669. The zero-order chi connectivity index (χ0) is 20.1. The molecule has 1 aliphatic rings. The molecule has 0 unspecified atom stereocenters. The van der Waals surface area contributed by atoms with Crippen LogP contribution in [0.3, 0.4) is 0 Å². The molecule has 3 aromatic rings. The molecular formula is C22H24FN5O. The van der Waals surface area contributed by atoms with Crippen molar-refractivity contribution in [3.05, 3.63) is 81.5 Å². The largest absolute Gasteiger partial charge is 0.324 e. The molecule has 0 atom stereocenters. The summed E-state index contributed by atoms with van der Waals surface area (Å²) in [5, 5.41) is 11.2. The zero-order valence-electron chi connectivity index (χ0n) is 16.2. The van der Waals surface area contributed by atoms with Gasteiger partial charge in [-0.1, -0.05) is 30.7 Å². The summed E-state index contributed by atoms with van der Waals surface area (Å²) < 4.78 is 13.0. The smallest absolute Gasteiger partial charge is 0.274 e. The van der Waals surface area contributed by atoms with Gasteiger partial charge in [0.15, 0.2) is 0 Å². The van der Waals surface area contributed by atoms with E-state index in [1.54, 1.807) is 12.1 Å². The van der Waals surface area contributed by atoms with Gasteiger partial charge in [-0.15, -0.1) is 10.2 Å². The molecule has 2 N–H and O–H groups in total. The molecule has 7 heteroatoms. The molecule has 29 heavy (non-hydrogen) atoms. The van der Waals surface area contributed by atoms with E-state index in [4.69, 9.17) is 0 Å². The second kappa shape index (κ2) is 8.96. The van der Waals surface area contributed by atoms with Crippen LogP contribution in [0.15, 0.2) is 53.3 Å². The van der Waals surface area contributed by atoms with E-state index >= 15 is 0 Å². The van der Waals surface area contributed by atoms with Crippen LogP contribution in [0.2, 0.25) is 0 Å². The number of rotatable bonds is 6. The Morgan fingerprint density at radius 2 is 1.62 bits per heavy atom. The van der Waals surface area contributed by atoms with Crippen molar-refractivity contribution in [2.75, 3.05) is 18.4 Å². The summed E-state index contributed by atoms with van der Waals surface area (Å²) in [5.74, 6) is -0.0168. The number of likely N-dealkylation sites (tertiary alicyclic amines) is 1. The number of halogens is 1. The number of benzene rings is 2. The average molecular weight is 393 g/mol. The van der Waals surface area contributed by atoms with Crippen LogP contribution < -0.4 is 10.9 Å². The Hall–Kier alpha value is -3.06. The molecule has 1 aromatic heterocycles. The monoisotopic (exact) mass is 393 g/mol. The number of nitrogens with zero attached hydrogens (tertiary/aromatic N) is 3.